The highest BCUT2D eigenvalue weighted by molar-refractivity contribution is 5.96. The molecule has 1 atom stereocenters. The normalized spacial score (nSPS) is 18.8. The number of fused-ring (bicyclic) bond motifs is 1. The fourth-order valence-electron chi connectivity index (χ4n) is 3.37. The molecule has 4 rings (SSSR count). The van der Waals surface area contributed by atoms with Gasteiger partial charge in [0.25, 0.3) is 0 Å². The van der Waals surface area contributed by atoms with Gasteiger partial charge in [0.15, 0.2) is 0 Å². The van der Waals surface area contributed by atoms with Crippen LogP contribution in [0.15, 0.2) is 48.5 Å². The summed E-state index contributed by atoms with van der Waals surface area (Å²) < 4.78 is 11.1. The third-order valence-electron chi connectivity index (χ3n) is 4.81. The van der Waals surface area contributed by atoms with E-state index in [1.54, 1.807) is 0 Å². The number of amides is 1. The van der Waals surface area contributed by atoms with Gasteiger partial charge >= 0.3 is 0 Å². The van der Waals surface area contributed by atoms with Crippen molar-refractivity contribution in [1.82, 2.24) is 0 Å². The van der Waals surface area contributed by atoms with Gasteiger partial charge in [0.2, 0.25) is 5.91 Å². The van der Waals surface area contributed by atoms with Crippen LogP contribution in [0.5, 0.6) is 5.75 Å². The Balaban J connectivity index is 1.45. The minimum Gasteiger partial charge on any atom is -0.490 e. The van der Waals surface area contributed by atoms with Crippen LogP contribution < -0.4 is 9.64 Å². The number of aryl methyl sites for hydroxylation is 1. The molecule has 4 heteroatoms. The van der Waals surface area contributed by atoms with E-state index < -0.39 is 0 Å². The van der Waals surface area contributed by atoms with E-state index in [0.717, 1.165) is 49.4 Å². The van der Waals surface area contributed by atoms with Crippen LogP contribution >= 0.6 is 0 Å². The zero-order valence-electron chi connectivity index (χ0n) is 14.3. The minimum absolute atomic E-state index is 0.211. The molecule has 2 aromatic carbocycles. The van der Waals surface area contributed by atoms with Gasteiger partial charge in [0.1, 0.15) is 18.5 Å². The second-order valence-corrected chi connectivity index (χ2v) is 6.65. The maximum absolute atomic E-state index is 12.5. The van der Waals surface area contributed by atoms with Crippen molar-refractivity contribution in [2.24, 2.45) is 0 Å². The van der Waals surface area contributed by atoms with Gasteiger partial charge in [0.05, 0.1) is 12.3 Å². The molecule has 130 valence electrons. The molecule has 2 aromatic rings. The number of ether oxygens (including phenoxy) is 2. The lowest BCUT2D eigenvalue weighted by molar-refractivity contribution is -0.118. The van der Waals surface area contributed by atoms with Crippen molar-refractivity contribution in [3.63, 3.8) is 0 Å². The van der Waals surface area contributed by atoms with E-state index in [1.807, 2.05) is 29.2 Å². The monoisotopic (exact) mass is 337 g/mol. The van der Waals surface area contributed by atoms with E-state index in [1.165, 1.54) is 5.56 Å². The average Bonchev–Trinajstić information content (AvgIpc) is 3.47. The Labute approximate surface area is 148 Å². The highest BCUT2D eigenvalue weighted by Gasteiger charge is 2.28. The molecular formula is C21H23NO3. The van der Waals surface area contributed by atoms with E-state index in [4.69, 9.17) is 9.47 Å². The first-order chi connectivity index (χ1) is 12.3. The zero-order chi connectivity index (χ0) is 17.1. The highest BCUT2D eigenvalue weighted by atomic mass is 16.6. The van der Waals surface area contributed by atoms with Gasteiger partial charge in [-0.25, -0.2) is 0 Å². The molecule has 0 radical (unpaired) electrons. The quantitative estimate of drug-likeness (QED) is 0.728. The summed E-state index contributed by atoms with van der Waals surface area (Å²) in [6.45, 7) is 2.13. The summed E-state index contributed by atoms with van der Waals surface area (Å²) in [5, 5.41) is 0. The van der Waals surface area contributed by atoms with E-state index in [9.17, 15) is 4.79 Å². The smallest absolute Gasteiger partial charge is 0.227 e. The number of carbonyl (C=O) groups excluding carboxylic acids is 1. The second kappa shape index (κ2) is 7.28. The number of carbonyl (C=O) groups is 1. The van der Waals surface area contributed by atoms with Crippen LogP contribution in [0.4, 0.5) is 5.69 Å². The van der Waals surface area contributed by atoms with Gasteiger partial charge < -0.3 is 14.4 Å². The van der Waals surface area contributed by atoms with Gasteiger partial charge in [-0.1, -0.05) is 36.4 Å². The molecule has 0 bridgehead atoms. The lowest BCUT2D eigenvalue weighted by Gasteiger charge is -2.30. The summed E-state index contributed by atoms with van der Waals surface area (Å²) in [7, 11) is 0. The number of hydrogen-bond acceptors (Lipinski definition) is 3. The SMILES string of the molecule is O=C1CCc2c(OCC3CO3)cccc2N1CCCc1ccccc1. The van der Waals surface area contributed by atoms with E-state index in [2.05, 4.69) is 24.3 Å². The van der Waals surface area contributed by atoms with Crippen LogP contribution in [-0.2, 0) is 22.4 Å². The van der Waals surface area contributed by atoms with E-state index >= 15 is 0 Å². The predicted octanol–water partition coefficient (Wildman–Crippen LogP) is 3.38. The molecule has 0 N–H and O–H groups in total. The van der Waals surface area contributed by atoms with Gasteiger partial charge in [0, 0.05) is 18.5 Å². The van der Waals surface area contributed by atoms with Crippen molar-refractivity contribution >= 4 is 11.6 Å². The summed E-state index contributed by atoms with van der Waals surface area (Å²) in [5.41, 5.74) is 3.48. The Morgan fingerprint density at radius 1 is 1.08 bits per heavy atom. The van der Waals surface area contributed by atoms with Gasteiger partial charge in [-0.05, 0) is 37.0 Å². The lowest BCUT2D eigenvalue weighted by Crippen LogP contribution is -2.36. The van der Waals surface area contributed by atoms with Crippen molar-refractivity contribution in [3.05, 3.63) is 59.7 Å². The van der Waals surface area contributed by atoms with Gasteiger partial charge in [-0.2, -0.15) is 0 Å². The Kier molecular flexibility index (Phi) is 4.70. The highest BCUT2D eigenvalue weighted by Crippen LogP contribution is 2.35. The molecule has 2 aliphatic rings. The first-order valence-corrected chi connectivity index (χ1v) is 9.02. The summed E-state index contributed by atoms with van der Waals surface area (Å²) in [6.07, 6.45) is 3.48. The molecule has 1 unspecified atom stereocenters. The van der Waals surface area contributed by atoms with Crippen molar-refractivity contribution in [3.8, 4) is 5.75 Å². The standard InChI is InChI=1S/C21H23NO3/c23-21-12-11-18-19(9-4-10-20(18)25-15-17-14-24-17)22(21)13-5-8-16-6-2-1-3-7-16/h1-4,6-7,9-10,17H,5,8,11-15H2. The predicted molar refractivity (Wildman–Crippen MR) is 97.1 cm³/mol. The summed E-state index contributed by atoms with van der Waals surface area (Å²) >= 11 is 0. The third kappa shape index (κ3) is 3.85. The van der Waals surface area contributed by atoms with Crippen LogP contribution in [0, 0.1) is 0 Å². The molecule has 4 nitrogen and oxygen atoms in total. The number of nitrogens with zero attached hydrogens (tertiary/aromatic N) is 1. The Hall–Kier alpha value is -2.33. The van der Waals surface area contributed by atoms with Crippen molar-refractivity contribution < 1.29 is 14.3 Å². The Morgan fingerprint density at radius 3 is 2.72 bits per heavy atom. The molecule has 25 heavy (non-hydrogen) atoms. The number of hydrogen-bond donors (Lipinski definition) is 0. The first-order valence-electron chi connectivity index (χ1n) is 9.02. The molecule has 0 spiro atoms. The fraction of sp³-hybridized carbons (Fsp3) is 0.381. The number of rotatable bonds is 7. The number of benzene rings is 2. The van der Waals surface area contributed by atoms with Crippen molar-refractivity contribution in [2.45, 2.75) is 31.8 Å². The van der Waals surface area contributed by atoms with E-state index in [-0.39, 0.29) is 12.0 Å². The summed E-state index contributed by atoms with van der Waals surface area (Å²) in [4.78, 5) is 14.4. The molecule has 0 saturated carbocycles. The first kappa shape index (κ1) is 16.2. The van der Waals surface area contributed by atoms with Gasteiger partial charge in [-0.15, -0.1) is 0 Å². The minimum atomic E-state index is 0.211. The lowest BCUT2D eigenvalue weighted by atomic mass is 9.99. The molecule has 1 amide bonds. The summed E-state index contributed by atoms with van der Waals surface area (Å²) in [6, 6.07) is 16.4. The molecular weight excluding hydrogens is 314 g/mol. The van der Waals surface area contributed by atoms with Gasteiger partial charge in [-0.3, -0.25) is 4.79 Å². The van der Waals surface area contributed by atoms with Crippen LogP contribution in [0.3, 0.4) is 0 Å². The molecule has 2 heterocycles. The topological polar surface area (TPSA) is 42.1 Å². The maximum Gasteiger partial charge on any atom is 0.227 e. The zero-order valence-corrected chi connectivity index (χ0v) is 14.3. The number of epoxide rings is 1. The van der Waals surface area contributed by atoms with Crippen LogP contribution in [-0.4, -0.2) is 31.8 Å². The maximum atomic E-state index is 12.5. The Bertz CT molecular complexity index is 740. The average molecular weight is 337 g/mol. The van der Waals surface area contributed by atoms with Crippen LogP contribution in [0.2, 0.25) is 0 Å². The molecule has 0 aliphatic carbocycles. The number of anilines is 1. The fourth-order valence-corrected chi connectivity index (χ4v) is 3.37. The molecule has 1 saturated heterocycles. The second-order valence-electron chi connectivity index (χ2n) is 6.65. The van der Waals surface area contributed by atoms with Crippen LogP contribution in [0.25, 0.3) is 0 Å². The third-order valence-corrected chi connectivity index (χ3v) is 4.81. The molecule has 2 aliphatic heterocycles. The molecule has 1 fully saturated rings. The molecule has 0 aromatic heterocycles. The largest absolute Gasteiger partial charge is 0.490 e. The van der Waals surface area contributed by atoms with Crippen molar-refractivity contribution in [2.75, 3.05) is 24.7 Å². The van der Waals surface area contributed by atoms with Crippen LogP contribution in [0.1, 0.15) is 24.0 Å². The Morgan fingerprint density at radius 2 is 1.92 bits per heavy atom. The van der Waals surface area contributed by atoms with E-state index in [0.29, 0.717) is 13.0 Å². The van der Waals surface area contributed by atoms with Crippen molar-refractivity contribution in [1.29, 1.82) is 0 Å². The summed E-state index contributed by atoms with van der Waals surface area (Å²) in [5.74, 6) is 1.11.